The number of nitrogens with one attached hydrogen (secondary N) is 2. The molecular formula is C17H13ClF3N5O2S. The first-order valence-electron chi connectivity index (χ1n) is 8.16. The van der Waals surface area contributed by atoms with Crippen molar-refractivity contribution in [3.63, 3.8) is 0 Å². The summed E-state index contributed by atoms with van der Waals surface area (Å²) in [5.41, 5.74) is -0.721. The number of rotatable bonds is 6. The Balaban J connectivity index is 1.69. The lowest BCUT2D eigenvalue weighted by molar-refractivity contribution is -0.137. The molecule has 0 saturated carbocycles. The molecule has 1 atom stereocenters. The van der Waals surface area contributed by atoms with Gasteiger partial charge in [0.15, 0.2) is 5.78 Å². The summed E-state index contributed by atoms with van der Waals surface area (Å²) >= 11 is 6.56. The number of hydrogen-bond acceptors (Lipinski definition) is 6. The van der Waals surface area contributed by atoms with Crippen molar-refractivity contribution in [1.82, 2.24) is 19.9 Å². The summed E-state index contributed by atoms with van der Waals surface area (Å²) in [6, 6.07) is 0.661. The van der Waals surface area contributed by atoms with E-state index < -0.39 is 22.7 Å². The van der Waals surface area contributed by atoms with Crippen LogP contribution in [0.1, 0.15) is 50.0 Å². The van der Waals surface area contributed by atoms with Crippen LogP contribution in [-0.4, -0.2) is 31.6 Å². The molecule has 0 radical (unpaired) electrons. The van der Waals surface area contributed by atoms with E-state index in [4.69, 9.17) is 11.6 Å². The molecule has 152 valence electrons. The number of alkyl halides is 3. The van der Waals surface area contributed by atoms with Crippen LogP contribution < -0.4 is 5.32 Å². The molecule has 0 aliphatic rings. The van der Waals surface area contributed by atoms with Gasteiger partial charge < -0.3 is 10.3 Å². The molecule has 0 unspecified atom stereocenters. The van der Waals surface area contributed by atoms with Crippen LogP contribution in [0.2, 0.25) is 5.02 Å². The fourth-order valence-electron chi connectivity index (χ4n) is 2.41. The maximum atomic E-state index is 12.9. The number of Topliss-reactive ketones (excluding diaryl/α,β-unsaturated/α-hetero) is 1. The Hall–Kier alpha value is -2.79. The fraction of sp³-hybridized carbons (Fsp3) is 0.235. The highest BCUT2D eigenvalue weighted by Gasteiger charge is 2.34. The van der Waals surface area contributed by atoms with Gasteiger partial charge in [-0.2, -0.15) is 13.2 Å². The quantitative estimate of drug-likeness (QED) is 0.544. The van der Waals surface area contributed by atoms with E-state index in [9.17, 15) is 22.8 Å². The summed E-state index contributed by atoms with van der Waals surface area (Å²) in [5.74, 6) is -1.36. The van der Waals surface area contributed by atoms with Gasteiger partial charge in [0.05, 0.1) is 34.3 Å². The van der Waals surface area contributed by atoms with Gasteiger partial charge in [0.2, 0.25) is 0 Å². The van der Waals surface area contributed by atoms with Gasteiger partial charge >= 0.3 is 6.18 Å². The zero-order valence-corrected chi connectivity index (χ0v) is 16.3. The largest absolute Gasteiger partial charge is 0.418 e. The molecule has 0 saturated heterocycles. The van der Waals surface area contributed by atoms with Crippen molar-refractivity contribution in [1.29, 1.82) is 0 Å². The van der Waals surface area contributed by atoms with Crippen LogP contribution in [-0.2, 0) is 6.18 Å². The molecule has 29 heavy (non-hydrogen) atoms. The second-order valence-electron chi connectivity index (χ2n) is 6.06. The molecule has 0 bridgehead atoms. The van der Waals surface area contributed by atoms with Gasteiger partial charge in [0.1, 0.15) is 16.4 Å². The topological polar surface area (TPSA) is 101 Å². The summed E-state index contributed by atoms with van der Waals surface area (Å²) in [6.45, 7) is 1.78. The molecule has 12 heteroatoms. The van der Waals surface area contributed by atoms with Crippen molar-refractivity contribution in [3.05, 3.63) is 57.1 Å². The van der Waals surface area contributed by atoms with E-state index in [1.165, 1.54) is 18.7 Å². The van der Waals surface area contributed by atoms with Crippen LogP contribution >= 0.6 is 22.9 Å². The number of aromatic nitrogens is 4. The number of carbonyl (C=O) groups excluding carboxylic acids is 2. The van der Waals surface area contributed by atoms with E-state index in [2.05, 4.69) is 25.3 Å². The number of pyridine rings is 1. The Bertz CT molecular complexity index is 1040. The summed E-state index contributed by atoms with van der Waals surface area (Å²) in [6.07, 6.45) is 0.426. The average Bonchev–Trinajstić information content (AvgIpc) is 3.34. The van der Waals surface area contributed by atoms with Gasteiger partial charge in [-0.3, -0.25) is 9.59 Å². The number of thiazole rings is 1. The predicted octanol–water partition coefficient (Wildman–Crippen LogP) is 4.56. The number of nitrogens with zero attached hydrogens (tertiary/aromatic N) is 3. The van der Waals surface area contributed by atoms with E-state index >= 15 is 0 Å². The lowest BCUT2D eigenvalue weighted by atomic mass is 10.0. The molecule has 3 aromatic rings. The smallest absolute Gasteiger partial charge is 0.342 e. The monoisotopic (exact) mass is 443 g/mol. The van der Waals surface area contributed by atoms with Gasteiger partial charge in [-0.25, -0.2) is 15.0 Å². The van der Waals surface area contributed by atoms with E-state index in [1.54, 1.807) is 6.92 Å². The fourth-order valence-corrected chi connectivity index (χ4v) is 3.48. The van der Waals surface area contributed by atoms with E-state index in [-0.39, 0.29) is 28.8 Å². The number of ketones is 1. The molecule has 1 amide bonds. The second kappa shape index (κ2) is 8.29. The van der Waals surface area contributed by atoms with E-state index in [0.717, 1.165) is 17.5 Å². The minimum atomic E-state index is -4.67. The molecule has 0 aromatic carbocycles. The molecule has 0 spiro atoms. The Morgan fingerprint density at radius 3 is 2.69 bits per heavy atom. The second-order valence-corrected chi connectivity index (χ2v) is 7.53. The third-order valence-corrected chi connectivity index (χ3v) is 5.39. The van der Waals surface area contributed by atoms with Gasteiger partial charge in [-0.15, -0.1) is 11.3 Å². The van der Waals surface area contributed by atoms with Gasteiger partial charge in [-0.1, -0.05) is 18.5 Å². The first-order chi connectivity index (χ1) is 13.6. The molecule has 0 fully saturated rings. The molecule has 3 heterocycles. The minimum Gasteiger partial charge on any atom is -0.342 e. The summed E-state index contributed by atoms with van der Waals surface area (Å²) in [5, 5.41) is 2.28. The molecule has 7 nitrogen and oxygen atoms in total. The molecule has 2 N–H and O–H groups in total. The normalized spacial score (nSPS) is 12.6. The molecule has 3 rings (SSSR count). The number of halogens is 4. The van der Waals surface area contributed by atoms with Crippen LogP contribution in [0.4, 0.5) is 19.0 Å². The van der Waals surface area contributed by atoms with Crippen LogP contribution in [0.5, 0.6) is 0 Å². The Morgan fingerprint density at radius 2 is 2.03 bits per heavy atom. The predicted molar refractivity (Wildman–Crippen MR) is 100 cm³/mol. The number of amides is 1. The standard InChI is InChI=1S/C17H13ClF3N5O2S/c1-8(2-12(27)11-5-22-7-25-11)16-24-6-13(29-16)15(28)26-14-3-9(17(19,20)21)10(18)4-23-14/h3-8H,2H2,1H3,(H,22,25)(H,23,26,28)/t8-/m0/s1. The molecule has 0 aliphatic carbocycles. The Morgan fingerprint density at radius 1 is 1.28 bits per heavy atom. The number of H-pyrrole nitrogens is 1. The van der Waals surface area contributed by atoms with Crippen molar-refractivity contribution in [2.75, 3.05) is 5.32 Å². The van der Waals surface area contributed by atoms with Gasteiger partial charge in [-0.05, 0) is 6.07 Å². The SMILES string of the molecule is C[C@@H](CC(=O)c1cnc[nH]1)c1ncc(C(=O)Nc2cc(C(F)(F)F)c(Cl)cn2)s1. The number of imidazole rings is 1. The third kappa shape index (κ3) is 4.98. The number of carbonyl (C=O) groups is 2. The lowest BCUT2D eigenvalue weighted by Gasteiger charge is -2.10. The average molecular weight is 444 g/mol. The van der Waals surface area contributed by atoms with Crippen molar-refractivity contribution in [2.45, 2.75) is 25.4 Å². The molecule has 0 aliphatic heterocycles. The highest BCUT2D eigenvalue weighted by Crippen LogP contribution is 2.35. The zero-order chi connectivity index (χ0) is 21.2. The van der Waals surface area contributed by atoms with Gasteiger partial charge in [0.25, 0.3) is 5.91 Å². The van der Waals surface area contributed by atoms with Crippen LogP contribution in [0, 0.1) is 0 Å². The molecular weight excluding hydrogens is 431 g/mol. The first kappa shape index (κ1) is 20.9. The Labute approximate surface area is 171 Å². The van der Waals surface area contributed by atoms with Gasteiger partial charge in [0, 0.05) is 18.5 Å². The summed E-state index contributed by atoms with van der Waals surface area (Å²) in [4.78, 5) is 39.0. The third-order valence-electron chi connectivity index (χ3n) is 3.86. The highest BCUT2D eigenvalue weighted by atomic mass is 35.5. The van der Waals surface area contributed by atoms with E-state index in [1.807, 2.05) is 0 Å². The summed E-state index contributed by atoms with van der Waals surface area (Å²) < 4.78 is 38.8. The highest BCUT2D eigenvalue weighted by molar-refractivity contribution is 7.13. The number of aromatic amines is 1. The van der Waals surface area contributed by atoms with Crippen molar-refractivity contribution in [3.8, 4) is 0 Å². The minimum absolute atomic E-state index is 0.152. The maximum Gasteiger partial charge on any atom is 0.418 e. The first-order valence-corrected chi connectivity index (χ1v) is 9.36. The Kier molecular flexibility index (Phi) is 5.99. The molecule has 3 aromatic heterocycles. The zero-order valence-electron chi connectivity index (χ0n) is 14.7. The van der Waals surface area contributed by atoms with E-state index in [0.29, 0.717) is 16.8 Å². The number of hydrogen-bond donors (Lipinski definition) is 2. The van der Waals surface area contributed by atoms with Crippen molar-refractivity contribution in [2.24, 2.45) is 0 Å². The van der Waals surface area contributed by atoms with Crippen molar-refractivity contribution >= 4 is 40.4 Å². The van der Waals surface area contributed by atoms with Crippen LogP contribution in [0.3, 0.4) is 0 Å². The van der Waals surface area contributed by atoms with Crippen LogP contribution in [0.25, 0.3) is 0 Å². The van der Waals surface area contributed by atoms with Crippen LogP contribution in [0.15, 0.2) is 31.0 Å². The summed E-state index contributed by atoms with van der Waals surface area (Å²) in [7, 11) is 0. The van der Waals surface area contributed by atoms with Crippen molar-refractivity contribution < 1.29 is 22.8 Å². The maximum absolute atomic E-state index is 12.9. The number of anilines is 1. The lowest BCUT2D eigenvalue weighted by Crippen LogP contribution is -2.13.